The highest BCUT2D eigenvalue weighted by atomic mass is 19.4. The van der Waals surface area contributed by atoms with Crippen LogP contribution >= 0.6 is 0 Å². The Kier molecular flexibility index (Phi) is 4.73. The first kappa shape index (κ1) is 19.0. The number of nitrogens with zero attached hydrogens (tertiary/aromatic N) is 2. The van der Waals surface area contributed by atoms with Crippen LogP contribution < -0.4 is 9.47 Å². The molecule has 0 atom stereocenters. The molecule has 0 saturated carbocycles. The van der Waals surface area contributed by atoms with Gasteiger partial charge in [-0.3, -0.25) is 0 Å². The lowest BCUT2D eigenvalue weighted by Gasteiger charge is -2.18. The van der Waals surface area contributed by atoms with E-state index in [0.29, 0.717) is 41.4 Å². The van der Waals surface area contributed by atoms with E-state index in [1.54, 1.807) is 30.3 Å². The van der Waals surface area contributed by atoms with Gasteiger partial charge in [0.25, 0.3) is 0 Å². The lowest BCUT2D eigenvalue weighted by atomic mass is 10.1. The van der Waals surface area contributed by atoms with Crippen LogP contribution in [0.25, 0.3) is 22.3 Å². The number of carbonyl (C=O) groups excluding carboxylic acids is 1. The predicted octanol–water partition coefficient (Wildman–Crippen LogP) is 4.26. The van der Waals surface area contributed by atoms with Crippen molar-refractivity contribution in [1.82, 2.24) is 9.97 Å². The number of pyridine rings is 2. The van der Waals surface area contributed by atoms with Crippen LogP contribution in [0.15, 0.2) is 36.4 Å². The second-order valence-electron chi connectivity index (χ2n) is 6.20. The Balaban J connectivity index is 1.81. The Morgan fingerprint density at radius 2 is 1.83 bits per heavy atom. The summed E-state index contributed by atoms with van der Waals surface area (Å²) in [5.41, 5.74) is -1.03. The molecule has 1 aromatic carbocycles. The maximum absolute atomic E-state index is 13.5. The number of hydrogen-bond acceptors (Lipinski definition) is 6. The Morgan fingerprint density at radius 3 is 2.55 bits per heavy atom. The minimum absolute atomic E-state index is 0.0462. The number of aromatic nitrogens is 2. The van der Waals surface area contributed by atoms with Gasteiger partial charge in [-0.2, -0.15) is 13.2 Å². The Hall–Kier alpha value is -3.36. The summed E-state index contributed by atoms with van der Waals surface area (Å²) in [5, 5.41) is 0.294. The molecular weight excluding hydrogens is 389 g/mol. The van der Waals surface area contributed by atoms with Crippen molar-refractivity contribution in [2.45, 2.75) is 13.1 Å². The molecule has 0 unspecified atom stereocenters. The van der Waals surface area contributed by atoms with Crippen molar-refractivity contribution in [2.75, 3.05) is 19.8 Å². The molecular formula is C20H15F3N2O4. The highest BCUT2D eigenvalue weighted by molar-refractivity contribution is 5.95. The van der Waals surface area contributed by atoms with Crippen molar-refractivity contribution in [2.24, 2.45) is 0 Å². The van der Waals surface area contributed by atoms with Gasteiger partial charge in [-0.15, -0.1) is 0 Å². The zero-order valence-electron chi connectivity index (χ0n) is 15.2. The summed E-state index contributed by atoms with van der Waals surface area (Å²) in [7, 11) is 0. The molecule has 1 aliphatic rings. The van der Waals surface area contributed by atoms with Crippen molar-refractivity contribution >= 4 is 17.0 Å². The average Bonchev–Trinajstić information content (AvgIpc) is 2.71. The second kappa shape index (κ2) is 7.23. The third-order valence-electron chi connectivity index (χ3n) is 4.28. The molecule has 0 saturated heterocycles. The Bertz CT molecular complexity index is 1100. The molecule has 0 radical (unpaired) electrons. The molecule has 6 nitrogen and oxygen atoms in total. The largest absolute Gasteiger partial charge is 0.486 e. The summed E-state index contributed by atoms with van der Waals surface area (Å²) in [6.07, 6.45) is -4.83. The number of fused-ring (bicyclic) bond motifs is 2. The summed E-state index contributed by atoms with van der Waals surface area (Å²) in [6, 6.07) is 9.46. The fourth-order valence-electron chi connectivity index (χ4n) is 3.00. The van der Waals surface area contributed by atoms with E-state index >= 15 is 0 Å². The fourth-order valence-corrected chi connectivity index (χ4v) is 3.00. The van der Waals surface area contributed by atoms with E-state index in [2.05, 4.69) is 9.97 Å². The van der Waals surface area contributed by atoms with Gasteiger partial charge >= 0.3 is 12.1 Å². The van der Waals surface area contributed by atoms with Crippen LogP contribution in [-0.4, -0.2) is 35.8 Å². The molecule has 29 heavy (non-hydrogen) atoms. The van der Waals surface area contributed by atoms with Crippen LogP contribution in [0.4, 0.5) is 13.2 Å². The number of hydrogen-bond donors (Lipinski definition) is 0. The van der Waals surface area contributed by atoms with Crippen molar-refractivity contribution in [3.63, 3.8) is 0 Å². The van der Waals surface area contributed by atoms with Gasteiger partial charge in [0.1, 0.15) is 13.2 Å². The average molecular weight is 404 g/mol. The number of benzene rings is 1. The lowest BCUT2D eigenvalue weighted by molar-refractivity contribution is -0.141. The molecule has 0 aliphatic carbocycles. The molecule has 150 valence electrons. The maximum Gasteiger partial charge on any atom is 0.434 e. The molecule has 0 amide bonds. The zero-order chi connectivity index (χ0) is 20.6. The van der Waals surface area contributed by atoms with E-state index in [1.807, 2.05) is 0 Å². The lowest BCUT2D eigenvalue weighted by Crippen LogP contribution is -2.17. The van der Waals surface area contributed by atoms with Crippen molar-refractivity contribution < 1.29 is 32.2 Å². The zero-order valence-corrected chi connectivity index (χ0v) is 15.2. The smallest absolute Gasteiger partial charge is 0.434 e. The van der Waals surface area contributed by atoms with Gasteiger partial charge < -0.3 is 14.2 Å². The number of esters is 1. The van der Waals surface area contributed by atoms with Crippen LogP contribution in [0.1, 0.15) is 23.0 Å². The van der Waals surface area contributed by atoms with Gasteiger partial charge in [0, 0.05) is 10.9 Å². The molecule has 0 bridgehead atoms. The first-order chi connectivity index (χ1) is 13.9. The summed E-state index contributed by atoms with van der Waals surface area (Å²) in [5.74, 6) is 0.0553. The number of carbonyl (C=O) groups is 1. The molecule has 0 N–H and O–H groups in total. The predicted molar refractivity (Wildman–Crippen MR) is 96.9 cm³/mol. The summed E-state index contributed by atoms with van der Waals surface area (Å²) >= 11 is 0. The normalized spacial score (nSPS) is 13.4. The first-order valence-electron chi connectivity index (χ1n) is 8.83. The van der Waals surface area contributed by atoms with Crippen LogP contribution in [0, 0.1) is 0 Å². The maximum atomic E-state index is 13.5. The van der Waals surface area contributed by atoms with Gasteiger partial charge in [-0.25, -0.2) is 14.8 Å². The topological polar surface area (TPSA) is 70.5 Å². The number of rotatable bonds is 3. The second-order valence-corrected chi connectivity index (χ2v) is 6.20. The fraction of sp³-hybridized carbons (Fsp3) is 0.250. The van der Waals surface area contributed by atoms with Gasteiger partial charge in [0.2, 0.25) is 0 Å². The van der Waals surface area contributed by atoms with Crippen molar-refractivity contribution in [3.8, 4) is 22.8 Å². The minimum Gasteiger partial charge on any atom is -0.486 e. The van der Waals surface area contributed by atoms with Gasteiger partial charge in [0.05, 0.1) is 17.9 Å². The molecule has 9 heteroatoms. The highest BCUT2D eigenvalue weighted by Crippen LogP contribution is 2.35. The third kappa shape index (κ3) is 3.67. The first-order valence-corrected chi connectivity index (χ1v) is 8.83. The number of alkyl halides is 3. The quantitative estimate of drug-likeness (QED) is 0.608. The Labute approximate surface area is 163 Å². The van der Waals surface area contributed by atoms with E-state index in [4.69, 9.17) is 14.2 Å². The number of halogens is 3. The van der Waals surface area contributed by atoms with Crippen LogP contribution in [-0.2, 0) is 10.9 Å². The van der Waals surface area contributed by atoms with Gasteiger partial charge in [0.15, 0.2) is 22.8 Å². The molecule has 0 spiro atoms. The standard InChI is InChI=1S/C20H15F3N2O4/c1-2-27-19(26)13-9-12-3-5-14(24-18(12)25-17(13)20(21,22)23)11-4-6-15-16(10-11)29-8-7-28-15/h3-6,9-10H,2,7-8H2,1H3. The molecule has 3 aromatic rings. The molecule has 4 rings (SSSR count). The van der Waals surface area contributed by atoms with E-state index in [0.717, 1.165) is 6.07 Å². The van der Waals surface area contributed by atoms with Crippen LogP contribution in [0.3, 0.4) is 0 Å². The van der Waals surface area contributed by atoms with E-state index < -0.39 is 23.4 Å². The van der Waals surface area contributed by atoms with Gasteiger partial charge in [-0.05, 0) is 43.3 Å². The van der Waals surface area contributed by atoms with Crippen molar-refractivity contribution in [3.05, 3.63) is 47.7 Å². The molecule has 1 aliphatic heterocycles. The summed E-state index contributed by atoms with van der Waals surface area (Å²) in [6.45, 7) is 2.33. The van der Waals surface area contributed by atoms with Crippen LogP contribution in [0.5, 0.6) is 11.5 Å². The van der Waals surface area contributed by atoms with Crippen LogP contribution in [0.2, 0.25) is 0 Å². The summed E-state index contributed by atoms with van der Waals surface area (Å²) in [4.78, 5) is 19.9. The van der Waals surface area contributed by atoms with E-state index in [9.17, 15) is 18.0 Å². The van der Waals surface area contributed by atoms with Crippen molar-refractivity contribution in [1.29, 1.82) is 0 Å². The van der Waals surface area contributed by atoms with E-state index in [-0.39, 0.29) is 12.3 Å². The van der Waals surface area contributed by atoms with E-state index in [1.165, 1.54) is 6.92 Å². The number of ether oxygens (including phenoxy) is 3. The summed E-state index contributed by atoms with van der Waals surface area (Å²) < 4.78 is 56.1. The minimum atomic E-state index is -4.83. The molecule has 2 aromatic heterocycles. The SMILES string of the molecule is CCOC(=O)c1cc2ccc(-c3ccc4c(c3)OCCO4)nc2nc1C(F)(F)F. The highest BCUT2D eigenvalue weighted by Gasteiger charge is 2.38. The third-order valence-corrected chi connectivity index (χ3v) is 4.28. The Morgan fingerprint density at radius 1 is 1.07 bits per heavy atom. The molecule has 0 fully saturated rings. The monoisotopic (exact) mass is 404 g/mol. The van der Waals surface area contributed by atoms with Gasteiger partial charge in [-0.1, -0.05) is 0 Å². The molecule has 3 heterocycles.